The number of benzene rings is 2. The molecule has 1 fully saturated rings. The lowest BCUT2D eigenvalue weighted by Gasteiger charge is -2.30. The van der Waals surface area contributed by atoms with Crippen molar-refractivity contribution in [3.63, 3.8) is 0 Å². The smallest absolute Gasteiger partial charge is 0.184 e. The second kappa shape index (κ2) is 7.22. The summed E-state index contributed by atoms with van der Waals surface area (Å²) in [6, 6.07) is 16.2. The molecule has 4 rings (SSSR count). The summed E-state index contributed by atoms with van der Waals surface area (Å²) in [7, 11) is 1.97. The van der Waals surface area contributed by atoms with Crippen molar-refractivity contribution in [1.82, 2.24) is 4.57 Å². The fourth-order valence-corrected chi connectivity index (χ4v) is 3.54. The molecule has 1 aliphatic heterocycles. The Labute approximate surface area is 153 Å². The van der Waals surface area contributed by atoms with Gasteiger partial charge in [-0.15, -0.1) is 0 Å². The second-order valence-electron chi connectivity index (χ2n) is 6.56. The van der Waals surface area contributed by atoms with E-state index < -0.39 is 0 Å². The molecule has 1 N–H and O–H groups in total. The first-order valence-electron chi connectivity index (χ1n) is 8.97. The molecule has 5 nitrogen and oxygen atoms in total. The van der Waals surface area contributed by atoms with E-state index in [1.54, 1.807) is 0 Å². The van der Waals surface area contributed by atoms with E-state index in [0.717, 1.165) is 54.1 Å². The van der Waals surface area contributed by atoms with Gasteiger partial charge in [0.15, 0.2) is 5.78 Å². The third-order valence-electron chi connectivity index (χ3n) is 4.89. The van der Waals surface area contributed by atoms with Gasteiger partial charge in [0.1, 0.15) is 0 Å². The van der Waals surface area contributed by atoms with E-state index >= 15 is 0 Å². The molecule has 2 heterocycles. The summed E-state index contributed by atoms with van der Waals surface area (Å²) in [6.45, 7) is 3.49. The molecule has 26 heavy (non-hydrogen) atoms. The van der Waals surface area contributed by atoms with Gasteiger partial charge in [0, 0.05) is 42.8 Å². The predicted octanol–water partition coefficient (Wildman–Crippen LogP) is 3.31. The highest BCUT2D eigenvalue weighted by Crippen LogP contribution is 2.27. The molecule has 0 radical (unpaired) electrons. The zero-order chi connectivity index (χ0) is 17.9. The lowest BCUT2D eigenvalue weighted by Crippen LogP contribution is -2.36. The van der Waals surface area contributed by atoms with E-state index in [4.69, 9.17) is 4.74 Å². The van der Waals surface area contributed by atoms with E-state index in [1.165, 1.54) is 0 Å². The number of para-hydroxylation sites is 3. The average molecular weight is 349 g/mol. The Morgan fingerprint density at radius 2 is 1.81 bits per heavy atom. The molecule has 0 spiro atoms. The number of ketones is 1. The fourth-order valence-electron chi connectivity index (χ4n) is 3.54. The molecule has 1 aliphatic rings. The van der Waals surface area contributed by atoms with Gasteiger partial charge < -0.3 is 19.5 Å². The number of anilines is 2. The van der Waals surface area contributed by atoms with Gasteiger partial charge >= 0.3 is 0 Å². The van der Waals surface area contributed by atoms with Gasteiger partial charge in [0.05, 0.1) is 31.1 Å². The summed E-state index contributed by atoms with van der Waals surface area (Å²) in [6.07, 6.45) is 1.92. The number of morpholine rings is 1. The Morgan fingerprint density at radius 1 is 1.08 bits per heavy atom. The first-order valence-corrected chi connectivity index (χ1v) is 8.97. The number of aryl methyl sites for hydroxylation is 1. The molecule has 0 aliphatic carbocycles. The van der Waals surface area contributed by atoms with Crippen molar-refractivity contribution < 1.29 is 9.53 Å². The Hall–Kier alpha value is -2.79. The van der Waals surface area contributed by atoms with Crippen molar-refractivity contribution >= 4 is 28.1 Å². The van der Waals surface area contributed by atoms with Crippen molar-refractivity contribution in [3.05, 3.63) is 60.3 Å². The number of fused-ring (bicyclic) bond motifs is 1. The fraction of sp³-hybridized carbons (Fsp3) is 0.286. The molecule has 5 heteroatoms. The highest BCUT2D eigenvalue weighted by molar-refractivity contribution is 6.09. The number of carbonyl (C=O) groups is 1. The van der Waals surface area contributed by atoms with Gasteiger partial charge in [-0.3, -0.25) is 4.79 Å². The summed E-state index contributed by atoms with van der Waals surface area (Å²) in [5, 5.41) is 4.34. The molecular formula is C21H23N3O2. The minimum Gasteiger partial charge on any atom is -0.378 e. The number of ether oxygens (including phenoxy) is 1. The van der Waals surface area contributed by atoms with E-state index in [0.29, 0.717) is 0 Å². The van der Waals surface area contributed by atoms with Crippen LogP contribution in [0.5, 0.6) is 0 Å². The number of rotatable bonds is 5. The minimum absolute atomic E-state index is 0.0959. The molecule has 1 saturated heterocycles. The van der Waals surface area contributed by atoms with Crippen LogP contribution in [0.25, 0.3) is 10.9 Å². The van der Waals surface area contributed by atoms with Gasteiger partial charge in [-0.1, -0.05) is 30.3 Å². The lowest BCUT2D eigenvalue weighted by molar-refractivity contribution is 0.101. The number of nitrogens with zero attached hydrogens (tertiary/aromatic N) is 2. The molecule has 0 atom stereocenters. The topological polar surface area (TPSA) is 46.5 Å². The number of aromatic nitrogens is 1. The maximum absolute atomic E-state index is 12.8. The van der Waals surface area contributed by atoms with Crippen molar-refractivity contribution in [3.8, 4) is 0 Å². The zero-order valence-corrected chi connectivity index (χ0v) is 14.9. The Balaban J connectivity index is 1.53. The van der Waals surface area contributed by atoms with E-state index in [9.17, 15) is 4.79 Å². The van der Waals surface area contributed by atoms with Crippen LogP contribution in [0, 0.1) is 0 Å². The minimum atomic E-state index is 0.0959. The maximum atomic E-state index is 12.8. The number of nitrogens with one attached hydrogen (secondary N) is 1. The highest BCUT2D eigenvalue weighted by Gasteiger charge is 2.17. The molecule has 1 aromatic heterocycles. The predicted molar refractivity (Wildman–Crippen MR) is 105 cm³/mol. The van der Waals surface area contributed by atoms with Crippen molar-refractivity contribution in [2.75, 3.05) is 43.1 Å². The molecule has 0 unspecified atom stereocenters. The van der Waals surface area contributed by atoms with Crippen LogP contribution in [0.15, 0.2) is 54.7 Å². The molecule has 134 valence electrons. The molecule has 3 aromatic rings. The van der Waals surface area contributed by atoms with E-state index in [1.807, 2.05) is 60.3 Å². The third kappa shape index (κ3) is 3.18. The average Bonchev–Trinajstić information content (AvgIpc) is 3.04. The zero-order valence-electron chi connectivity index (χ0n) is 14.9. The van der Waals surface area contributed by atoms with Crippen LogP contribution in [-0.4, -0.2) is 43.2 Å². The lowest BCUT2D eigenvalue weighted by atomic mass is 10.1. The Bertz CT molecular complexity index is 926. The van der Waals surface area contributed by atoms with Crippen molar-refractivity contribution in [2.45, 2.75) is 0 Å². The summed E-state index contributed by atoms with van der Waals surface area (Å²) in [5.41, 5.74) is 3.95. The van der Waals surface area contributed by atoms with Crippen LogP contribution in [0.2, 0.25) is 0 Å². The van der Waals surface area contributed by atoms with Gasteiger partial charge in [-0.05, 0) is 18.2 Å². The van der Waals surface area contributed by atoms with Crippen LogP contribution in [0.1, 0.15) is 10.4 Å². The molecule has 0 saturated carbocycles. The second-order valence-corrected chi connectivity index (χ2v) is 6.56. The van der Waals surface area contributed by atoms with Gasteiger partial charge in [0.2, 0.25) is 0 Å². The largest absolute Gasteiger partial charge is 0.378 e. The number of carbonyl (C=O) groups excluding carboxylic acids is 1. The van der Waals surface area contributed by atoms with Crippen molar-refractivity contribution in [2.24, 2.45) is 7.05 Å². The number of hydrogen-bond acceptors (Lipinski definition) is 4. The normalized spacial score (nSPS) is 14.6. The van der Waals surface area contributed by atoms with Crippen LogP contribution >= 0.6 is 0 Å². The molecule has 2 aromatic carbocycles. The number of Topliss-reactive ketones (excluding diaryl/α,β-unsaturated/α-hetero) is 1. The summed E-state index contributed by atoms with van der Waals surface area (Å²) in [4.78, 5) is 15.1. The Morgan fingerprint density at radius 3 is 2.65 bits per heavy atom. The molecule has 0 bridgehead atoms. The van der Waals surface area contributed by atoms with Gasteiger partial charge in [-0.2, -0.15) is 0 Å². The van der Waals surface area contributed by atoms with Crippen LogP contribution < -0.4 is 10.2 Å². The first-order chi connectivity index (χ1) is 12.7. The summed E-state index contributed by atoms with van der Waals surface area (Å²) >= 11 is 0. The first kappa shape index (κ1) is 16.7. The monoisotopic (exact) mass is 349 g/mol. The molecule has 0 amide bonds. The molecular weight excluding hydrogens is 326 g/mol. The Kier molecular flexibility index (Phi) is 4.63. The van der Waals surface area contributed by atoms with Crippen LogP contribution in [0.4, 0.5) is 11.4 Å². The van der Waals surface area contributed by atoms with Crippen LogP contribution in [-0.2, 0) is 11.8 Å². The summed E-state index contributed by atoms with van der Waals surface area (Å²) in [5.74, 6) is 0.0959. The van der Waals surface area contributed by atoms with Gasteiger partial charge in [-0.25, -0.2) is 0 Å². The van der Waals surface area contributed by atoms with Crippen molar-refractivity contribution in [1.29, 1.82) is 0 Å². The highest BCUT2D eigenvalue weighted by atomic mass is 16.5. The standard InChI is InChI=1S/C21H23N3O2/c1-23-15-17(16-6-2-4-8-19(16)23)21(25)14-22-18-7-3-5-9-20(18)24-10-12-26-13-11-24/h2-9,15,22H,10-14H2,1H3. The maximum Gasteiger partial charge on any atom is 0.184 e. The van der Waals surface area contributed by atoms with E-state index in [-0.39, 0.29) is 12.3 Å². The number of hydrogen-bond donors (Lipinski definition) is 1. The van der Waals surface area contributed by atoms with E-state index in [2.05, 4.69) is 16.3 Å². The van der Waals surface area contributed by atoms with Crippen LogP contribution in [0.3, 0.4) is 0 Å². The summed E-state index contributed by atoms with van der Waals surface area (Å²) < 4.78 is 7.45. The quantitative estimate of drug-likeness (QED) is 0.718. The third-order valence-corrected chi connectivity index (χ3v) is 4.89. The SMILES string of the molecule is Cn1cc(C(=O)CNc2ccccc2N2CCOCC2)c2ccccc21. The van der Waals surface area contributed by atoms with Gasteiger partial charge in [0.25, 0.3) is 0 Å².